The fourth-order valence-electron chi connectivity index (χ4n) is 2.91. The number of hydrogen-bond donors (Lipinski definition) is 0. The van der Waals surface area contributed by atoms with Gasteiger partial charge in [-0.15, -0.1) is 0 Å². The lowest BCUT2D eigenvalue weighted by Gasteiger charge is -2.38. The van der Waals surface area contributed by atoms with Crippen LogP contribution in [0.1, 0.15) is 38.3 Å². The number of esters is 1. The SMILES string of the molecule is CCOc1cc([C@H]2CC[C@H](C)CN2C(=O)C(=O)OCC(F)(F)F)ccn1. The second kappa shape index (κ2) is 8.37. The summed E-state index contributed by atoms with van der Waals surface area (Å²) in [4.78, 5) is 29.5. The molecule has 1 aromatic rings. The monoisotopic (exact) mass is 374 g/mol. The van der Waals surface area contributed by atoms with Crippen molar-refractivity contribution in [3.63, 3.8) is 0 Å². The maximum absolute atomic E-state index is 12.4. The van der Waals surface area contributed by atoms with Crippen LogP contribution in [0.3, 0.4) is 0 Å². The van der Waals surface area contributed by atoms with E-state index in [-0.39, 0.29) is 12.5 Å². The van der Waals surface area contributed by atoms with Gasteiger partial charge in [-0.25, -0.2) is 9.78 Å². The van der Waals surface area contributed by atoms with E-state index in [0.29, 0.717) is 24.5 Å². The number of piperidine rings is 1. The van der Waals surface area contributed by atoms with Crippen molar-refractivity contribution >= 4 is 11.9 Å². The molecule has 2 heterocycles. The molecule has 6 nitrogen and oxygen atoms in total. The van der Waals surface area contributed by atoms with Gasteiger partial charge in [-0.05, 0) is 37.3 Å². The van der Waals surface area contributed by atoms with Gasteiger partial charge >= 0.3 is 18.1 Å². The maximum Gasteiger partial charge on any atom is 0.422 e. The van der Waals surface area contributed by atoms with Crippen LogP contribution in [-0.4, -0.2) is 47.7 Å². The quantitative estimate of drug-likeness (QED) is 0.599. The molecule has 9 heteroatoms. The van der Waals surface area contributed by atoms with Crippen LogP contribution in [0.25, 0.3) is 0 Å². The molecule has 1 saturated heterocycles. The molecule has 1 aliphatic rings. The van der Waals surface area contributed by atoms with Gasteiger partial charge in [-0.2, -0.15) is 13.2 Å². The highest BCUT2D eigenvalue weighted by Gasteiger charge is 2.37. The molecule has 26 heavy (non-hydrogen) atoms. The molecule has 0 aliphatic carbocycles. The molecule has 2 rings (SSSR count). The van der Waals surface area contributed by atoms with E-state index in [1.165, 1.54) is 11.1 Å². The number of hydrogen-bond acceptors (Lipinski definition) is 5. The molecule has 1 aromatic heterocycles. The fourth-order valence-corrected chi connectivity index (χ4v) is 2.91. The van der Waals surface area contributed by atoms with E-state index in [1.54, 1.807) is 12.1 Å². The van der Waals surface area contributed by atoms with Crippen LogP contribution >= 0.6 is 0 Å². The van der Waals surface area contributed by atoms with Crippen molar-refractivity contribution in [2.45, 2.75) is 38.9 Å². The summed E-state index contributed by atoms with van der Waals surface area (Å²) in [6, 6.07) is 2.93. The lowest BCUT2D eigenvalue weighted by atomic mass is 9.90. The molecule has 2 atom stereocenters. The Bertz CT molecular complexity index is 651. The van der Waals surface area contributed by atoms with Crippen molar-refractivity contribution in [2.24, 2.45) is 5.92 Å². The molecule has 144 valence electrons. The van der Waals surface area contributed by atoms with Crippen molar-refractivity contribution in [1.29, 1.82) is 0 Å². The minimum atomic E-state index is -4.68. The summed E-state index contributed by atoms with van der Waals surface area (Å²) in [5.41, 5.74) is 0.715. The summed E-state index contributed by atoms with van der Waals surface area (Å²) in [6.07, 6.45) is -1.75. The summed E-state index contributed by atoms with van der Waals surface area (Å²) < 4.78 is 46.1. The lowest BCUT2D eigenvalue weighted by Crippen LogP contribution is -2.45. The Morgan fingerprint density at radius 1 is 1.35 bits per heavy atom. The van der Waals surface area contributed by atoms with Crippen molar-refractivity contribution in [3.05, 3.63) is 23.9 Å². The van der Waals surface area contributed by atoms with Crippen molar-refractivity contribution in [1.82, 2.24) is 9.88 Å². The van der Waals surface area contributed by atoms with Crippen molar-refractivity contribution < 1.29 is 32.2 Å². The van der Waals surface area contributed by atoms with E-state index in [2.05, 4.69) is 9.72 Å². The van der Waals surface area contributed by atoms with Gasteiger partial charge in [0.1, 0.15) is 0 Å². The first-order valence-electron chi connectivity index (χ1n) is 8.34. The van der Waals surface area contributed by atoms with Gasteiger partial charge in [0.25, 0.3) is 0 Å². The molecule has 0 saturated carbocycles. The highest BCUT2D eigenvalue weighted by Crippen LogP contribution is 2.34. The fraction of sp³-hybridized carbons (Fsp3) is 0.588. The molecular formula is C17H21F3N2O4. The second-order valence-corrected chi connectivity index (χ2v) is 6.21. The summed E-state index contributed by atoms with van der Waals surface area (Å²) >= 11 is 0. The molecular weight excluding hydrogens is 353 g/mol. The van der Waals surface area contributed by atoms with Gasteiger partial charge in [0.05, 0.1) is 12.6 Å². The van der Waals surface area contributed by atoms with Crippen LogP contribution in [-0.2, 0) is 14.3 Å². The first kappa shape index (κ1) is 20.0. The standard InChI is InChI=1S/C17H21F3N2O4/c1-3-25-14-8-12(6-7-21-14)13-5-4-11(2)9-22(13)15(23)16(24)26-10-17(18,19)20/h6-8,11,13H,3-5,9-10H2,1-2H3/t11-,13+/m0/s1. The first-order chi connectivity index (χ1) is 12.2. The maximum atomic E-state index is 12.4. The third-order valence-electron chi connectivity index (χ3n) is 4.06. The zero-order valence-electron chi connectivity index (χ0n) is 14.6. The van der Waals surface area contributed by atoms with Crippen LogP contribution in [0, 0.1) is 5.92 Å². The minimum absolute atomic E-state index is 0.124. The van der Waals surface area contributed by atoms with E-state index >= 15 is 0 Å². The van der Waals surface area contributed by atoms with E-state index in [4.69, 9.17) is 4.74 Å². The normalized spacial score (nSPS) is 20.6. The zero-order chi connectivity index (χ0) is 19.3. The Morgan fingerprint density at radius 2 is 2.08 bits per heavy atom. The number of rotatable bonds is 4. The van der Waals surface area contributed by atoms with Crippen LogP contribution in [0.2, 0.25) is 0 Å². The highest BCUT2D eigenvalue weighted by atomic mass is 19.4. The number of alkyl halides is 3. The molecule has 0 unspecified atom stereocenters. The average Bonchev–Trinajstić information content (AvgIpc) is 2.59. The zero-order valence-corrected chi connectivity index (χ0v) is 14.6. The molecule has 1 fully saturated rings. The summed E-state index contributed by atoms with van der Waals surface area (Å²) in [7, 11) is 0. The number of halogens is 3. The number of ether oxygens (including phenoxy) is 2. The molecule has 0 radical (unpaired) electrons. The molecule has 0 spiro atoms. The van der Waals surface area contributed by atoms with Crippen molar-refractivity contribution in [2.75, 3.05) is 19.8 Å². The average molecular weight is 374 g/mol. The third kappa shape index (κ3) is 5.34. The van der Waals surface area contributed by atoms with Gasteiger partial charge in [0, 0.05) is 18.8 Å². The number of nitrogens with zero attached hydrogens (tertiary/aromatic N) is 2. The molecule has 0 bridgehead atoms. The van der Waals surface area contributed by atoms with Crippen LogP contribution in [0.4, 0.5) is 13.2 Å². The highest BCUT2D eigenvalue weighted by molar-refractivity contribution is 6.32. The Hall–Kier alpha value is -2.32. The van der Waals surface area contributed by atoms with Gasteiger partial charge < -0.3 is 14.4 Å². The molecule has 0 aromatic carbocycles. The van der Waals surface area contributed by atoms with Crippen molar-refractivity contribution in [3.8, 4) is 5.88 Å². The summed E-state index contributed by atoms with van der Waals surface area (Å²) in [5, 5.41) is 0. The first-order valence-corrected chi connectivity index (χ1v) is 8.34. The van der Waals surface area contributed by atoms with Crippen LogP contribution in [0.15, 0.2) is 18.3 Å². The smallest absolute Gasteiger partial charge is 0.422 e. The summed E-state index contributed by atoms with van der Waals surface area (Å²) in [5.74, 6) is -2.06. The van der Waals surface area contributed by atoms with E-state index in [1.807, 2.05) is 13.8 Å². The van der Waals surface area contributed by atoms with Gasteiger partial charge in [-0.3, -0.25) is 4.79 Å². The molecule has 1 amide bonds. The Morgan fingerprint density at radius 3 is 2.73 bits per heavy atom. The van der Waals surface area contributed by atoms with Gasteiger partial charge in [-0.1, -0.05) is 6.92 Å². The predicted molar refractivity (Wildman–Crippen MR) is 85.3 cm³/mol. The minimum Gasteiger partial charge on any atom is -0.478 e. The summed E-state index contributed by atoms with van der Waals surface area (Å²) in [6.45, 7) is 2.62. The Balaban J connectivity index is 2.18. The predicted octanol–water partition coefficient (Wildman–Crippen LogP) is 2.89. The largest absolute Gasteiger partial charge is 0.478 e. The Labute approximate surface area is 149 Å². The molecule has 0 N–H and O–H groups in total. The second-order valence-electron chi connectivity index (χ2n) is 6.21. The number of aromatic nitrogens is 1. The number of carbonyl (C=O) groups is 2. The number of pyridine rings is 1. The molecule has 1 aliphatic heterocycles. The van der Waals surface area contributed by atoms with Gasteiger partial charge in [0.15, 0.2) is 6.61 Å². The topological polar surface area (TPSA) is 68.7 Å². The van der Waals surface area contributed by atoms with Gasteiger partial charge in [0.2, 0.25) is 5.88 Å². The number of carbonyl (C=O) groups excluding carboxylic acids is 2. The van der Waals surface area contributed by atoms with E-state index < -0.39 is 30.7 Å². The van der Waals surface area contributed by atoms with Crippen LogP contribution < -0.4 is 4.74 Å². The van der Waals surface area contributed by atoms with Crippen LogP contribution in [0.5, 0.6) is 5.88 Å². The third-order valence-corrected chi connectivity index (χ3v) is 4.06. The Kier molecular flexibility index (Phi) is 6.44. The number of amides is 1. The number of likely N-dealkylation sites (tertiary alicyclic amines) is 1. The van der Waals surface area contributed by atoms with E-state index in [0.717, 1.165) is 6.42 Å². The van der Waals surface area contributed by atoms with E-state index in [9.17, 15) is 22.8 Å². The lowest BCUT2D eigenvalue weighted by molar-refractivity contribution is -0.190.